The maximum absolute atomic E-state index is 12.4. The Hall–Kier alpha value is -2.59. The van der Waals surface area contributed by atoms with Crippen LogP contribution >= 0.6 is 0 Å². The van der Waals surface area contributed by atoms with Gasteiger partial charge in [0.05, 0.1) is 0 Å². The predicted molar refractivity (Wildman–Crippen MR) is 93.3 cm³/mol. The van der Waals surface area contributed by atoms with Crippen molar-refractivity contribution < 1.29 is 4.79 Å². The van der Waals surface area contributed by atoms with Gasteiger partial charge in [0.1, 0.15) is 5.69 Å². The highest BCUT2D eigenvalue weighted by atomic mass is 16.1. The van der Waals surface area contributed by atoms with E-state index in [1.54, 1.807) is 0 Å². The number of carbonyl (C=O) groups is 1. The summed E-state index contributed by atoms with van der Waals surface area (Å²) in [7, 11) is 4.08. The van der Waals surface area contributed by atoms with Gasteiger partial charge in [-0.05, 0) is 37.4 Å². The minimum Gasteiger partial charge on any atom is -0.351 e. The average Bonchev–Trinajstić information content (AvgIpc) is 2.97. The first kappa shape index (κ1) is 15.3. The summed E-state index contributed by atoms with van der Waals surface area (Å²) in [6.45, 7) is 1.39. The van der Waals surface area contributed by atoms with E-state index in [2.05, 4.69) is 27.3 Å². The largest absolute Gasteiger partial charge is 0.351 e. The Labute approximate surface area is 136 Å². The van der Waals surface area contributed by atoms with E-state index in [1.165, 1.54) is 5.56 Å². The molecule has 0 saturated carbocycles. The lowest BCUT2D eigenvalue weighted by atomic mass is 10.1. The molecule has 2 N–H and O–H groups in total. The van der Waals surface area contributed by atoms with Crippen molar-refractivity contribution in [1.29, 1.82) is 0 Å². The van der Waals surface area contributed by atoms with Crippen molar-refractivity contribution in [2.24, 2.45) is 0 Å². The topological polar surface area (TPSA) is 48.1 Å². The standard InChI is InChI=1S/C19H21N3O/c1-22(2)13-16-9-4-3-8-15(16)12-20-19(23)18-11-14-7-5-6-10-17(14)21-18/h3-11,21H,12-13H2,1-2H3,(H,20,23). The molecule has 3 aromatic rings. The summed E-state index contributed by atoms with van der Waals surface area (Å²) in [5.41, 5.74) is 3.95. The highest BCUT2D eigenvalue weighted by molar-refractivity contribution is 5.97. The van der Waals surface area contributed by atoms with Crippen LogP contribution in [0, 0.1) is 0 Å². The molecule has 0 spiro atoms. The lowest BCUT2D eigenvalue weighted by Gasteiger charge is -2.14. The highest BCUT2D eigenvalue weighted by Gasteiger charge is 2.10. The van der Waals surface area contributed by atoms with Gasteiger partial charge in [-0.15, -0.1) is 0 Å². The smallest absolute Gasteiger partial charge is 0.267 e. The Morgan fingerprint density at radius 1 is 1.04 bits per heavy atom. The normalized spacial score (nSPS) is 11.1. The van der Waals surface area contributed by atoms with Crippen LogP contribution in [-0.2, 0) is 13.1 Å². The van der Waals surface area contributed by atoms with Crippen LogP contribution in [0.25, 0.3) is 10.9 Å². The number of aromatic nitrogens is 1. The summed E-state index contributed by atoms with van der Waals surface area (Å²) in [4.78, 5) is 17.6. The van der Waals surface area contributed by atoms with Gasteiger partial charge in [0.15, 0.2) is 0 Å². The Kier molecular flexibility index (Phi) is 4.44. The number of benzene rings is 2. The first-order valence-electron chi connectivity index (χ1n) is 7.71. The Bertz CT molecular complexity index is 787. The molecule has 0 bridgehead atoms. The molecule has 1 heterocycles. The molecule has 2 aromatic carbocycles. The van der Waals surface area contributed by atoms with E-state index in [0.717, 1.165) is 23.0 Å². The SMILES string of the molecule is CN(C)Cc1ccccc1CNC(=O)c1cc2ccccc2[nH]1. The number of carbonyl (C=O) groups excluding carboxylic acids is 1. The maximum Gasteiger partial charge on any atom is 0.267 e. The Morgan fingerprint density at radius 3 is 2.48 bits per heavy atom. The molecule has 3 rings (SSSR count). The second-order valence-electron chi connectivity index (χ2n) is 5.96. The molecule has 0 aliphatic rings. The van der Waals surface area contributed by atoms with E-state index < -0.39 is 0 Å². The molecular weight excluding hydrogens is 286 g/mol. The second-order valence-corrected chi connectivity index (χ2v) is 5.96. The summed E-state index contributed by atoms with van der Waals surface area (Å²) in [6.07, 6.45) is 0. The second kappa shape index (κ2) is 6.67. The number of hydrogen-bond donors (Lipinski definition) is 2. The zero-order chi connectivity index (χ0) is 16.2. The van der Waals surface area contributed by atoms with Gasteiger partial charge in [-0.2, -0.15) is 0 Å². The quantitative estimate of drug-likeness (QED) is 0.760. The number of fused-ring (bicyclic) bond motifs is 1. The van der Waals surface area contributed by atoms with Crippen molar-refractivity contribution in [1.82, 2.24) is 15.2 Å². The van der Waals surface area contributed by atoms with Gasteiger partial charge >= 0.3 is 0 Å². The Morgan fingerprint density at radius 2 is 1.74 bits per heavy atom. The first-order valence-corrected chi connectivity index (χ1v) is 7.71. The van der Waals surface area contributed by atoms with Crippen LogP contribution in [0.4, 0.5) is 0 Å². The van der Waals surface area contributed by atoms with Gasteiger partial charge in [0.25, 0.3) is 5.91 Å². The highest BCUT2D eigenvalue weighted by Crippen LogP contribution is 2.15. The first-order chi connectivity index (χ1) is 11.1. The lowest BCUT2D eigenvalue weighted by Crippen LogP contribution is -2.24. The van der Waals surface area contributed by atoms with Gasteiger partial charge in [0.2, 0.25) is 0 Å². The van der Waals surface area contributed by atoms with E-state index in [1.807, 2.05) is 56.6 Å². The zero-order valence-corrected chi connectivity index (χ0v) is 13.5. The molecule has 1 amide bonds. The molecule has 0 radical (unpaired) electrons. The third-order valence-electron chi connectivity index (χ3n) is 3.82. The average molecular weight is 307 g/mol. The van der Waals surface area contributed by atoms with E-state index in [9.17, 15) is 4.79 Å². The van der Waals surface area contributed by atoms with E-state index in [-0.39, 0.29) is 5.91 Å². The van der Waals surface area contributed by atoms with Crippen LogP contribution in [0.15, 0.2) is 54.6 Å². The van der Waals surface area contributed by atoms with E-state index >= 15 is 0 Å². The molecule has 0 fully saturated rings. The predicted octanol–water partition coefficient (Wildman–Crippen LogP) is 3.16. The third kappa shape index (κ3) is 3.60. The summed E-state index contributed by atoms with van der Waals surface area (Å²) in [5.74, 6) is -0.0825. The molecule has 23 heavy (non-hydrogen) atoms. The monoisotopic (exact) mass is 307 g/mol. The summed E-state index contributed by atoms with van der Waals surface area (Å²) in [6, 6.07) is 18.0. The van der Waals surface area contributed by atoms with Crippen LogP contribution in [0.5, 0.6) is 0 Å². The van der Waals surface area contributed by atoms with Gasteiger partial charge in [-0.25, -0.2) is 0 Å². The fourth-order valence-corrected chi connectivity index (χ4v) is 2.69. The summed E-state index contributed by atoms with van der Waals surface area (Å²) >= 11 is 0. The zero-order valence-electron chi connectivity index (χ0n) is 13.5. The number of rotatable bonds is 5. The number of aromatic amines is 1. The molecule has 0 atom stereocenters. The van der Waals surface area contributed by atoms with Gasteiger partial charge in [-0.3, -0.25) is 4.79 Å². The van der Waals surface area contributed by atoms with Crippen LogP contribution < -0.4 is 5.32 Å². The van der Waals surface area contributed by atoms with Crippen molar-refractivity contribution >= 4 is 16.8 Å². The van der Waals surface area contributed by atoms with Crippen LogP contribution in [-0.4, -0.2) is 29.9 Å². The fraction of sp³-hybridized carbons (Fsp3) is 0.211. The molecule has 0 unspecified atom stereocenters. The van der Waals surface area contributed by atoms with E-state index in [4.69, 9.17) is 0 Å². The molecule has 4 nitrogen and oxygen atoms in total. The van der Waals surface area contributed by atoms with Gasteiger partial charge in [-0.1, -0.05) is 42.5 Å². The number of H-pyrrole nitrogens is 1. The molecule has 1 aromatic heterocycles. The molecule has 0 aliphatic heterocycles. The van der Waals surface area contributed by atoms with Gasteiger partial charge < -0.3 is 15.2 Å². The van der Waals surface area contributed by atoms with Crippen molar-refractivity contribution in [2.45, 2.75) is 13.1 Å². The molecule has 4 heteroatoms. The minimum absolute atomic E-state index is 0.0825. The number of nitrogens with zero attached hydrogens (tertiary/aromatic N) is 1. The molecule has 0 saturated heterocycles. The maximum atomic E-state index is 12.4. The summed E-state index contributed by atoms with van der Waals surface area (Å²) in [5, 5.41) is 4.05. The van der Waals surface area contributed by atoms with Crippen molar-refractivity contribution in [3.63, 3.8) is 0 Å². The third-order valence-corrected chi connectivity index (χ3v) is 3.82. The molecule has 0 aliphatic carbocycles. The van der Waals surface area contributed by atoms with Crippen molar-refractivity contribution in [3.8, 4) is 0 Å². The van der Waals surface area contributed by atoms with Crippen molar-refractivity contribution in [2.75, 3.05) is 14.1 Å². The Balaban J connectivity index is 1.71. The fourth-order valence-electron chi connectivity index (χ4n) is 2.69. The molecular formula is C19H21N3O. The van der Waals surface area contributed by atoms with Crippen molar-refractivity contribution in [3.05, 3.63) is 71.4 Å². The van der Waals surface area contributed by atoms with Crippen LogP contribution in [0.3, 0.4) is 0 Å². The van der Waals surface area contributed by atoms with E-state index in [0.29, 0.717) is 12.2 Å². The number of nitrogens with one attached hydrogen (secondary N) is 2. The van der Waals surface area contributed by atoms with Crippen LogP contribution in [0.1, 0.15) is 21.6 Å². The summed E-state index contributed by atoms with van der Waals surface area (Å²) < 4.78 is 0. The molecule has 118 valence electrons. The number of hydrogen-bond acceptors (Lipinski definition) is 2. The number of amides is 1. The number of para-hydroxylation sites is 1. The van der Waals surface area contributed by atoms with Crippen LogP contribution in [0.2, 0.25) is 0 Å². The minimum atomic E-state index is -0.0825. The van der Waals surface area contributed by atoms with Gasteiger partial charge in [0, 0.05) is 24.0 Å². The lowest BCUT2D eigenvalue weighted by molar-refractivity contribution is 0.0946.